The van der Waals surface area contributed by atoms with Crippen LogP contribution in [0.4, 0.5) is 5.69 Å². The maximum absolute atomic E-state index is 8.49. The van der Waals surface area contributed by atoms with E-state index in [9.17, 15) is 0 Å². The van der Waals surface area contributed by atoms with Gasteiger partial charge in [0.15, 0.2) is 0 Å². The van der Waals surface area contributed by atoms with Crippen molar-refractivity contribution in [2.24, 2.45) is 0 Å². The van der Waals surface area contributed by atoms with Crippen molar-refractivity contribution in [1.82, 2.24) is 5.32 Å². The minimum Gasteiger partial charge on any atom is -0.497 e. The lowest BCUT2D eigenvalue weighted by Crippen LogP contribution is -1.86. The summed E-state index contributed by atoms with van der Waals surface area (Å²) in [5.74, 6) is 1.64. The van der Waals surface area contributed by atoms with Gasteiger partial charge in [-0.2, -0.15) is 5.26 Å². The van der Waals surface area contributed by atoms with Crippen LogP contribution in [0.5, 0.6) is 5.75 Å². The van der Waals surface area contributed by atoms with E-state index in [-0.39, 0.29) is 0 Å². The molecule has 0 atom stereocenters. The lowest BCUT2D eigenvalue weighted by molar-refractivity contribution is 0.415. The van der Waals surface area contributed by atoms with Crippen molar-refractivity contribution in [2.45, 2.75) is 6.42 Å². The second-order valence-electron chi connectivity index (χ2n) is 3.26. The Morgan fingerprint density at radius 1 is 1.50 bits per heavy atom. The normalized spacial score (nSPS) is 12.4. The molecule has 2 rings (SSSR count). The van der Waals surface area contributed by atoms with Crippen LogP contribution in [0.25, 0.3) is 4.91 Å². The molecule has 0 N–H and O–H groups in total. The fourth-order valence-electron chi connectivity index (χ4n) is 1.47. The summed E-state index contributed by atoms with van der Waals surface area (Å²) >= 11 is 1.66. The topological polar surface area (TPSA) is 47.1 Å². The first kappa shape index (κ1) is 10.9. The highest BCUT2D eigenvalue weighted by molar-refractivity contribution is 8.08. The van der Waals surface area contributed by atoms with Gasteiger partial charge in [0, 0.05) is 28.8 Å². The molecule has 3 nitrogen and oxygen atoms in total. The highest BCUT2D eigenvalue weighted by atomic mass is 32.2. The van der Waals surface area contributed by atoms with Crippen LogP contribution < -0.4 is 10.1 Å². The molecule has 1 aromatic rings. The Morgan fingerprint density at radius 3 is 3.12 bits per heavy atom. The zero-order valence-corrected chi connectivity index (χ0v) is 9.75. The molecule has 81 valence electrons. The second kappa shape index (κ2) is 4.95. The first-order valence-electron chi connectivity index (χ1n) is 4.94. The molecule has 0 bridgehead atoms. The van der Waals surface area contributed by atoms with Crippen LogP contribution in [-0.2, 0) is 0 Å². The van der Waals surface area contributed by atoms with E-state index in [0.29, 0.717) is 6.42 Å². The molecule has 1 radical (unpaired) electrons. The first-order valence-corrected chi connectivity index (χ1v) is 5.93. The number of benzene rings is 1. The molecule has 1 heterocycles. The zero-order valence-electron chi connectivity index (χ0n) is 8.93. The van der Waals surface area contributed by atoms with Gasteiger partial charge in [-0.15, -0.1) is 11.8 Å². The van der Waals surface area contributed by atoms with E-state index in [1.54, 1.807) is 18.9 Å². The maximum Gasteiger partial charge on any atom is 0.119 e. The number of thioether (sulfide) groups is 1. The van der Waals surface area contributed by atoms with Gasteiger partial charge in [-0.05, 0) is 18.2 Å². The predicted molar refractivity (Wildman–Crippen MR) is 65.5 cm³/mol. The lowest BCUT2D eigenvalue weighted by Gasteiger charge is -2.05. The van der Waals surface area contributed by atoms with Crippen molar-refractivity contribution in [3.05, 3.63) is 30.0 Å². The van der Waals surface area contributed by atoms with E-state index in [0.717, 1.165) is 27.7 Å². The van der Waals surface area contributed by atoms with Crippen molar-refractivity contribution in [3.8, 4) is 11.8 Å². The average molecular weight is 231 g/mol. The van der Waals surface area contributed by atoms with Gasteiger partial charge in [0.2, 0.25) is 0 Å². The van der Waals surface area contributed by atoms with Crippen molar-refractivity contribution < 1.29 is 4.74 Å². The number of nitrogens with zero attached hydrogens (tertiary/aromatic N) is 2. The molecule has 0 saturated heterocycles. The fourth-order valence-corrected chi connectivity index (χ4v) is 2.33. The van der Waals surface area contributed by atoms with Crippen molar-refractivity contribution in [2.75, 3.05) is 12.9 Å². The molecule has 0 unspecified atom stereocenters. The molecule has 1 aromatic carbocycles. The Bertz CT molecular complexity index is 463. The quantitative estimate of drug-likeness (QED) is 0.748. The number of ether oxygens (including phenoxy) is 1. The Balaban J connectivity index is 2.13. The monoisotopic (exact) mass is 231 g/mol. The van der Waals surface area contributed by atoms with Crippen LogP contribution in [0.1, 0.15) is 12.0 Å². The van der Waals surface area contributed by atoms with Crippen LogP contribution in [0.15, 0.2) is 24.4 Å². The van der Waals surface area contributed by atoms with E-state index in [1.165, 1.54) is 0 Å². The Hall–Kier alpha value is -1.60. The molecule has 1 aliphatic rings. The van der Waals surface area contributed by atoms with Crippen molar-refractivity contribution in [1.29, 1.82) is 5.26 Å². The number of methoxy groups -OCH3 is 1. The summed E-state index contributed by atoms with van der Waals surface area (Å²) in [5.41, 5.74) is 2.07. The van der Waals surface area contributed by atoms with Crippen LogP contribution in [0.3, 0.4) is 0 Å². The second-order valence-corrected chi connectivity index (χ2v) is 4.40. The molecule has 16 heavy (non-hydrogen) atoms. The van der Waals surface area contributed by atoms with Gasteiger partial charge >= 0.3 is 0 Å². The molecular weight excluding hydrogens is 220 g/mol. The van der Waals surface area contributed by atoms with Gasteiger partial charge in [0.05, 0.1) is 18.9 Å². The van der Waals surface area contributed by atoms with Crippen molar-refractivity contribution in [3.63, 3.8) is 0 Å². The first-order chi connectivity index (χ1) is 7.85. The average Bonchev–Trinajstić information content (AvgIpc) is 2.72. The maximum atomic E-state index is 8.49. The van der Waals surface area contributed by atoms with Gasteiger partial charge in [-0.25, -0.2) is 0 Å². The molecule has 0 saturated carbocycles. The number of rotatable bonds is 4. The smallest absolute Gasteiger partial charge is 0.119 e. The summed E-state index contributed by atoms with van der Waals surface area (Å²) in [6.45, 7) is 0. The van der Waals surface area contributed by atoms with Crippen LogP contribution >= 0.6 is 11.8 Å². The Labute approximate surface area is 99.1 Å². The van der Waals surface area contributed by atoms with E-state index < -0.39 is 0 Å². The van der Waals surface area contributed by atoms with Gasteiger partial charge < -0.3 is 4.74 Å². The van der Waals surface area contributed by atoms with Gasteiger partial charge in [0.1, 0.15) is 5.75 Å². The Morgan fingerprint density at radius 2 is 2.38 bits per heavy atom. The molecule has 0 spiro atoms. The van der Waals surface area contributed by atoms with Crippen LogP contribution in [-0.4, -0.2) is 12.9 Å². The molecule has 0 amide bonds. The summed E-state index contributed by atoms with van der Waals surface area (Å²) in [7, 11) is 1.65. The summed E-state index contributed by atoms with van der Waals surface area (Å²) in [6.07, 6.45) is 2.41. The molecule has 0 aromatic heterocycles. The van der Waals surface area contributed by atoms with E-state index >= 15 is 0 Å². The standard InChI is InChI=1S/C12H11N2OS/c1-15-9-3-4-11-10(7-9)12(8-14-11)16-6-2-5-13/h3-4,7-8H,2,6H2,1H3. The van der Waals surface area contributed by atoms with E-state index in [4.69, 9.17) is 10.00 Å². The van der Waals surface area contributed by atoms with Gasteiger partial charge in [0.25, 0.3) is 0 Å². The van der Waals surface area contributed by atoms with Crippen molar-refractivity contribution >= 4 is 22.4 Å². The fraction of sp³-hybridized carbons (Fsp3) is 0.250. The predicted octanol–water partition coefficient (Wildman–Crippen LogP) is 2.89. The SMILES string of the molecule is COc1ccc2c(c1)C(SCCC#N)=C[N]2. The minimum atomic E-state index is 0.557. The number of hydrogen-bond donors (Lipinski definition) is 0. The lowest BCUT2D eigenvalue weighted by atomic mass is 10.2. The zero-order chi connectivity index (χ0) is 11.4. The highest BCUT2D eigenvalue weighted by Gasteiger charge is 2.16. The molecule has 0 aliphatic carbocycles. The Kier molecular flexibility index (Phi) is 3.37. The van der Waals surface area contributed by atoms with Crippen LogP contribution in [0, 0.1) is 11.3 Å². The molecular formula is C12H11N2OS. The largest absolute Gasteiger partial charge is 0.497 e. The number of hydrogen-bond acceptors (Lipinski definition) is 3. The number of nitriles is 1. The summed E-state index contributed by atoms with van der Waals surface area (Å²) in [4.78, 5) is 1.11. The third-order valence-corrected chi connectivity index (χ3v) is 3.31. The third-order valence-electron chi connectivity index (χ3n) is 2.26. The molecule has 1 aliphatic heterocycles. The number of fused-ring (bicyclic) bond motifs is 1. The molecule has 0 fully saturated rings. The van der Waals surface area contributed by atoms with Crippen LogP contribution in [0.2, 0.25) is 0 Å². The van der Waals surface area contributed by atoms with E-state index in [2.05, 4.69) is 11.4 Å². The van der Waals surface area contributed by atoms with Gasteiger partial charge in [-0.3, -0.25) is 5.32 Å². The summed E-state index contributed by atoms with van der Waals surface area (Å²) in [6, 6.07) is 7.97. The minimum absolute atomic E-state index is 0.557. The van der Waals surface area contributed by atoms with E-state index in [1.807, 2.05) is 24.4 Å². The summed E-state index contributed by atoms with van der Waals surface area (Å²) in [5, 5.41) is 12.8. The highest BCUT2D eigenvalue weighted by Crippen LogP contribution is 2.39. The summed E-state index contributed by atoms with van der Waals surface area (Å²) < 4.78 is 5.18. The van der Waals surface area contributed by atoms with Gasteiger partial charge in [-0.1, -0.05) is 0 Å². The third kappa shape index (κ3) is 2.15. The molecule has 4 heteroatoms.